The predicted molar refractivity (Wildman–Crippen MR) is 86.5 cm³/mol. The third-order valence-corrected chi connectivity index (χ3v) is 4.02. The number of para-hydroxylation sites is 1. The van der Waals surface area contributed by atoms with Crippen LogP contribution in [0.25, 0.3) is 11.0 Å². The summed E-state index contributed by atoms with van der Waals surface area (Å²) in [6.07, 6.45) is 1.10. The Morgan fingerprint density at radius 2 is 1.71 bits per heavy atom. The zero-order valence-corrected chi connectivity index (χ0v) is 12.3. The fourth-order valence-corrected chi connectivity index (χ4v) is 2.98. The minimum absolute atomic E-state index is 0.147. The standard InChI is InChI=1S/C18H11NO5/c20-18-16-15(11-6-2-1-3-7-11)13(19(21)22)10-23-17(16)12-8-4-5-9-14(12)24-18/h1-10,15H. The second kappa shape index (κ2) is 5.34. The number of allylic oxidation sites excluding steroid dienone is 1. The number of fused-ring (bicyclic) bond motifs is 3. The highest BCUT2D eigenvalue weighted by molar-refractivity contribution is 5.85. The van der Waals surface area contributed by atoms with Gasteiger partial charge in [0.25, 0.3) is 5.70 Å². The third-order valence-electron chi connectivity index (χ3n) is 4.02. The van der Waals surface area contributed by atoms with E-state index in [-0.39, 0.29) is 11.3 Å². The summed E-state index contributed by atoms with van der Waals surface area (Å²) in [6.45, 7) is 0. The van der Waals surface area contributed by atoms with E-state index in [1.807, 2.05) is 6.07 Å². The topological polar surface area (TPSA) is 82.6 Å². The molecular formula is C18H11NO5. The Morgan fingerprint density at radius 3 is 2.46 bits per heavy atom. The number of ether oxygens (including phenoxy) is 1. The highest BCUT2D eigenvalue weighted by Gasteiger charge is 2.38. The number of benzene rings is 2. The molecule has 6 heteroatoms. The molecule has 0 saturated carbocycles. The lowest BCUT2D eigenvalue weighted by Crippen LogP contribution is -2.24. The van der Waals surface area contributed by atoms with Crippen molar-refractivity contribution in [1.29, 1.82) is 0 Å². The van der Waals surface area contributed by atoms with Crippen LogP contribution in [0.4, 0.5) is 0 Å². The van der Waals surface area contributed by atoms with Crippen molar-refractivity contribution in [2.24, 2.45) is 0 Å². The second-order valence-electron chi connectivity index (χ2n) is 5.39. The molecule has 3 aromatic rings. The van der Waals surface area contributed by atoms with Gasteiger partial charge in [-0.1, -0.05) is 42.5 Å². The van der Waals surface area contributed by atoms with Gasteiger partial charge >= 0.3 is 5.63 Å². The molecule has 0 bridgehead atoms. The van der Waals surface area contributed by atoms with Gasteiger partial charge in [0.1, 0.15) is 17.3 Å². The summed E-state index contributed by atoms with van der Waals surface area (Å²) >= 11 is 0. The molecule has 2 heterocycles. The molecule has 6 nitrogen and oxygen atoms in total. The van der Waals surface area contributed by atoms with Crippen molar-refractivity contribution >= 4 is 11.0 Å². The van der Waals surface area contributed by atoms with Crippen molar-refractivity contribution in [3.8, 4) is 5.75 Å². The van der Waals surface area contributed by atoms with Gasteiger partial charge in [0.2, 0.25) is 0 Å². The fraction of sp³-hybridized carbons (Fsp3) is 0.0556. The van der Waals surface area contributed by atoms with Crippen LogP contribution in [0.5, 0.6) is 5.75 Å². The zero-order chi connectivity index (χ0) is 16.7. The quantitative estimate of drug-likeness (QED) is 0.410. The van der Waals surface area contributed by atoms with Gasteiger partial charge in [-0.05, 0) is 17.7 Å². The Kier molecular flexibility index (Phi) is 3.16. The molecule has 0 amide bonds. The Hall–Kier alpha value is -3.41. The van der Waals surface area contributed by atoms with Crippen LogP contribution in [0, 0.1) is 10.1 Å². The molecule has 1 unspecified atom stereocenters. The summed E-state index contributed by atoms with van der Waals surface area (Å²) in [7, 11) is 0. The molecule has 0 fully saturated rings. The highest BCUT2D eigenvalue weighted by Crippen LogP contribution is 2.42. The average molecular weight is 321 g/mol. The molecule has 2 aromatic carbocycles. The molecule has 0 aliphatic carbocycles. The summed E-state index contributed by atoms with van der Waals surface area (Å²) < 4.78 is 10.8. The van der Waals surface area contributed by atoms with Crippen LogP contribution in [0.3, 0.4) is 0 Å². The Morgan fingerprint density at radius 1 is 1.00 bits per heavy atom. The number of nitrogens with zero attached hydrogens (tertiary/aromatic N) is 1. The molecule has 1 atom stereocenters. The first-order chi connectivity index (χ1) is 11.7. The summed E-state index contributed by atoms with van der Waals surface area (Å²) in [5.74, 6) is -0.535. The van der Waals surface area contributed by atoms with E-state index in [9.17, 15) is 14.9 Å². The van der Waals surface area contributed by atoms with Crippen molar-refractivity contribution < 1.29 is 14.1 Å². The van der Waals surface area contributed by atoms with Crippen LogP contribution < -0.4 is 10.4 Å². The lowest BCUT2D eigenvalue weighted by atomic mass is 9.87. The smallest absolute Gasteiger partial charge is 0.344 e. The average Bonchev–Trinajstić information content (AvgIpc) is 2.61. The maximum Gasteiger partial charge on any atom is 0.344 e. The predicted octanol–water partition coefficient (Wildman–Crippen LogP) is 3.44. The van der Waals surface area contributed by atoms with Crippen LogP contribution in [0.15, 0.2) is 75.8 Å². The lowest BCUT2D eigenvalue weighted by molar-refractivity contribution is -0.431. The molecule has 118 valence electrons. The van der Waals surface area contributed by atoms with Crippen molar-refractivity contribution in [2.45, 2.75) is 5.92 Å². The van der Waals surface area contributed by atoms with E-state index in [0.717, 1.165) is 6.26 Å². The molecule has 4 rings (SSSR count). The molecule has 24 heavy (non-hydrogen) atoms. The maximum atomic E-state index is 12.5. The van der Waals surface area contributed by atoms with E-state index in [2.05, 4.69) is 0 Å². The molecular weight excluding hydrogens is 310 g/mol. The van der Waals surface area contributed by atoms with E-state index in [1.54, 1.807) is 48.5 Å². The second-order valence-corrected chi connectivity index (χ2v) is 5.39. The van der Waals surface area contributed by atoms with Crippen LogP contribution >= 0.6 is 0 Å². The van der Waals surface area contributed by atoms with Crippen molar-refractivity contribution in [3.05, 3.63) is 98.2 Å². The van der Waals surface area contributed by atoms with Crippen molar-refractivity contribution in [1.82, 2.24) is 0 Å². The first-order valence-corrected chi connectivity index (χ1v) is 7.28. The van der Waals surface area contributed by atoms with Crippen molar-refractivity contribution in [2.75, 3.05) is 0 Å². The minimum atomic E-state index is -0.842. The molecule has 0 N–H and O–H groups in total. The molecule has 1 aliphatic heterocycles. The normalized spacial score (nSPS) is 16.2. The Balaban J connectivity index is 2.06. The fourth-order valence-electron chi connectivity index (χ4n) is 2.98. The summed E-state index contributed by atoms with van der Waals surface area (Å²) in [5, 5.41) is 12.1. The largest absolute Gasteiger partial charge is 0.457 e. The van der Waals surface area contributed by atoms with Crippen LogP contribution in [-0.4, -0.2) is 4.92 Å². The molecule has 1 aromatic heterocycles. The molecule has 1 aliphatic rings. The third kappa shape index (κ3) is 2.08. The van der Waals surface area contributed by atoms with Gasteiger partial charge in [-0.2, -0.15) is 0 Å². The highest BCUT2D eigenvalue weighted by atomic mass is 16.6. The summed E-state index contributed by atoms with van der Waals surface area (Å²) in [4.78, 5) is 23.4. The SMILES string of the molecule is O=c1oc2ccccc2c2c1C(c1ccccc1)C([N+](=O)[O-])=CO2. The number of rotatable bonds is 2. The number of hydrogen-bond acceptors (Lipinski definition) is 5. The summed E-state index contributed by atoms with van der Waals surface area (Å²) in [6, 6.07) is 15.8. The van der Waals surface area contributed by atoms with E-state index in [4.69, 9.17) is 9.15 Å². The van der Waals surface area contributed by atoms with Gasteiger partial charge in [0, 0.05) is 0 Å². The minimum Gasteiger partial charge on any atom is -0.457 e. The van der Waals surface area contributed by atoms with Gasteiger partial charge in [-0.15, -0.1) is 0 Å². The van der Waals surface area contributed by atoms with Gasteiger partial charge in [-0.3, -0.25) is 10.1 Å². The van der Waals surface area contributed by atoms with Gasteiger partial charge in [0.05, 0.1) is 15.9 Å². The maximum absolute atomic E-state index is 12.5. The monoisotopic (exact) mass is 321 g/mol. The lowest BCUT2D eigenvalue weighted by Gasteiger charge is -2.21. The van der Waals surface area contributed by atoms with Gasteiger partial charge < -0.3 is 9.15 Å². The number of hydrogen-bond donors (Lipinski definition) is 0. The zero-order valence-electron chi connectivity index (χ0n) is 12.3. The van der Waals surface area contributed by atoms with E-state index < -0.39 is 16.5 Å². The van der Waals surface area contributed by atoms with Crippen molar-refractivity contribution in [3.63, 3.8) is 0 Å². The van der Waals surface area contributed by atoms with E-state index >= 15 is 0 Å². The molecule has 0 radical (unpaired) electrons. The van der Waals surface area contributed by atoms with E-state index in [1.165, 1.54) is 0 Å². The molecule has 0 saturated heterocycles. The first kappa shape index (κ1) is 14.2. The summed E-state index contributed by atoms with van der Waals surface area (Å²) in [5.41, 5.74) is 0.328. The van der Waals surface area contributed by atoms with Crippen LogP contribution in [0.2, 0.25) is 0 Å². The molecule has 0 spiro atoms. The van der Waals surface area contributed by atoms with Crippen LogP contribution in [0.1, 0.15) is 17.0 Å². The van der Waals surface area contributed by atoms with Gasteiger partial charge in [-0.25, -0.2) is 4.79 Å². The van der Waals surface area contributed by atoms with E-state index in [0.29, 0.717) is 22.3 Å². The number of nitro groups is 1. The Bertz CT molecular complexity index is 1040. The van der Waals surface area contributed by atoms with Gasteiger partial charge in [0.15, 0.2) is 6.26 Å². The van der Waals surface area contributed by atoms with Crippen LogP contribution in [-0.2, 0) is 0 Å². The Labute approximate surface area is 135 Å². The first-order valence-electron chi connectivity index (χ1n) is 7.28.